The molecule has 7 nitrogen and oxygen atoms in total. The van der Waals surface area contributed by atoms with E-state index in [0.29, 0.717) is 17.6 Å². The topological polar surface area (TPSA) is 90.5 Å². The summed E-state index contributed by atoms with van der Waals surface area (Å²) in [7, 11) is 1.92. The number of likely N-dealkylation sites (tertiary alicyclic amines) is 1. The fraction of sp³-hybridized carbons (Fsp3) is 0.609. The molecular weight excluding hydrogens is 380 g/mol. The lowest BCUT2D eigenvalue weighted by molar-refractivity contribution is -0.140. The lowest BCUT2D eigenvalue weighted by Gasteiger charge is -2.47. The maximum atomic E-state index is 13.2. The Morgan fingerprint density at radius 1 is 1.20 bits per heavy atom. The number of fused-ring (bicyclic) bond motifs is 1. The number of piperidine rings is 2. The fourth-order valence-corrected chi connectivity index (χ4v) is 5.05. The second kappa shape index (κ2) is 8.38. The number of hydrogen-bond donors (Lipinski definition) is 3. The van der Waals surface area contributed by atoms with Gasteiger partial charge in [0.15, 0.2) is 0 Å². The second-order valence-electron chi connectivity index (χ2n) is 9.25. The SMILES string of the molecule is Cc1ccc(NC(=O)NC(=O)C2CCC2)cc1C1CC2CNC(C)CC2N(C)C1=O. The molecule has 2 aliphatic heterocycles. The van der Waals surface area contributed by atoms with E-state index < -0.39 is 6.03 Å². The highest BCUT2D eigenvalue weighted by molar-refractivity contribution is 6.02. The first kappa shape index (κ1) is 20.8. The zero-order chi connectivity index (χ0) is 21.4. The molecule has 162 valence electrons. The number of nitrogens with one attached hydrogen (secondary N) is 3. The van der Waals surface area contributed by atoms with Crippen LogP contribution in [0.4, 0.5) is 10.5 Å². The standard InChI is InChI=1S/C23H32N4O3/c1-13-7-8-17(25-23(30)26-21(28)15-5-4-6-15)11-18(13)19-10-16-12-24-14(2)9-20(16)27(3)22(19)29/h7-8,11,14-16,19-20,24H,4-6,9-10,12H2,1-3H3,(H2,25,26,28,30). The Morgan fingerprint density at radius 2 is 1.97 bits per heavy atom. The van der Waals surface area contributed by atoms with Gasteiger partial charge in [0.2, 0.25) is 11.8 Å². The van der Waals surface area contributed by atoms with Gasteiger partial charge in [-0.1, -0.05) is 12.5 Å². The molecule has 0 bridgehead atoms. The number of carbonyl (C=O) groups is 3. The Hall–Kier alpha value is -2.41. The van der Waals surface area contributed by atoms with Gasteiger partial charge < -0.3 is 15.5 Å². The van der Waals surface area contributed by atoms with Crippen LogP contribution in [0.25, 0.3) is 0 Å². The zero-order valence-corrected chi connectivity index (χ0v) is 18.0. The van der Waals surface area contributed by atoms with Crippen molar-refractivity contribution in [2.45, 2.75) is 64.0 Å². The van der Waals surface area contributed by atoms with E-state index in [1.54, 1.807) is 0 Å². The van der Waals surface area contributed by atoms with Crippen LogP contribution in [0.2, 0.25) is 0 Å². The Balaban J connectivity index is 1.48. The number of amides is 4. The molecule has 7 heteroatoms. The zero-order valence-electron chi connectivity index (χ0n) is 18.0. The molecule has 2 heterocycles. The number of aryl methyl sites for hydroxylation is 1. The fourth-order valence-electron chi connectivity index (χ4n) is 5.05. The van der Waals surface area contributed by atoms with Gasteiger partial charge in [-0.15, -0.1) is 0 Å². The van der Waals surface area contributed by atoms with Crippen LogP contribution in [0.15, 0.2) is 18.2 Å². The molecule has 1 aromatic carbocycles. The maximum absolute atomic E-state index is 13.2. The number of carbonyl (C=O) groups excluding carboxylic acids is 3. The lowest BCUT2D eigenvalue weighted by atomic mass is 9.75. The molecule has 0 spiro atoms. The third-order valence-electron chi connectivity index (χ3n) is 7.17. The summed E-state index contributed by atoms with van der Waals surface area (Å²) in [6, 6.07) is 5.83. The Morgan fingerprint density at radius 3 is 2.67 bits per heavy atom. The van der Waals surface area contributed by atoms with Crippen LogP contribution in [0, 0.1) is 18.8 Å². The van der Waals surface area contributed by atoms with Crippen LogP contribution in [0.5, 0.6) is 0 Å². The van der Waals surface area contributed by atoms with E-state index in [2.05, 4.69) is 22.9 Å². The minimum absolute atomic E-state index is 0.0421. The number of urea groups is 1. The van der Waals surface area contributed by atoms with Gasteiger partial charge in [-0.05, 0) is 68.7 Å². The molecule has 1 aliphatic carbocycles. The summed E-state index contributed by atoms with van der Waals surface area (Å²) in [4.78, 5) is 39.4. The normalized spacial score (nSPS) is 29.0. The first-order valence-electron chi connectivity index (χ1n) is 11.1. The molecule has 0 aromatic heterocycles. The van der Waals surface area contributed by atoms with Crippen molar-refractivity contribution in [3.05, 3.63) is 29.3 Å². The van der Waals surface area contributed by atoms with Crippen LogP contribution < -0.4 is 16.0 Å². The number of hydrogen-bond acceptors (Lipinski definition) is 4. The molecule has 1 aromatic rings. The van der Waals surface area contributed by atoms with Gasteiger partial charge in [-0.25, -0.2) is 4.79 Å². The van der Waals surface area contributed by atoms with E-state index in [0.717, 1.165) is 49.8 Å². The van der Waals surface area contributed by atoms with Crippen molar-refractivity contribution >= 4 is 23.5 Å². The van der Waals surface area contributed by atoms with Crippen molar-refractivity contribution in [3.8, 4) is 0 Å². The molecule has 4 amide bonds. The van der Waals surface area contributed by atoms with Gasteiger partial charge in [0.05, 0.1) is 5.92 Å². The average molecular weight is 413 g/mol. The highest BCUT2D eigenvalue weighted by Gasteiger charge is 2.43. The summed E-state index contributed by atoms with van der Waals surface area (Å²) >= 11 is 0. The summed E-state index contributed by atoms with van der Waals surface area (Å²) in [5.74, 6) is 0.108. The quantitative estimate of drug-likeness (QED) is 0.712. The largest absolute Gasteiger partial charge is 0.342 e. The minimum Gasteiger partial charge on any atom is -0.342 e. The van der Waals surface area contributed by atoms with Gasteiger partial charge in [0.25, 0.3) is 0 Å². The third-order valence-corrected chi connectivity index (χ3v) is 7.17. The van der Waals surface area contributed by atoms with E-state index in [1.165, 1.54) is 0 Å². The number of anilines is 1. The molecule has 0 radical (unpaired) electrons. The number of benzene rings is 1. The van der Waals surface area contributed by atoms with E-state index in [-0.39, 0.29) is 29.7 Å². The molecule has 30 heavy (non-hydrogen) atoms. The number of nitrogens with zero attached hydrogens (tertiary/aromatic N) is 1. The second-order valence-corrected chi connectivity index (χ2v) is 9.25. The third kappa shape index (κ3) is 4.08. The summed E-state index contributed by atoms with van der Waals surface area (Å²) in [5.41, 5.74) is 2.59. The molecule has 2 saturated heterocycles. The van der Waals surface area contributed by atoms with E-state index in [4.69, 9.17) is 0 Å². The number of imide groups is 1. The van der Waals surface area contributed by atoms with Crippen LogP contribution in [0.3, 0.4) is 0 Å². The van der Waals surface area contributed by atoms with Crippen LogP contribution in [-0.4, -0.2) is 48.4 Å². The van der Waals surface area contributed by atoms with E-state index in [9.17, 15) is 14.4 Å². The number of rotatable bonds is 3. The Labute approximate surface area is 178 Å². The van der Waals surface area contributed by atoms with Crippen LogP contribution >= 0.6 is 0 Å². The predicted octanol–water partition coefficient (Wildman–Crippen LogP) is 2.76. The molecule has 3 aliphatic rings. The summed E-state index contributed by atoms with van der Waals surface area (Å²) < 4.78 is 0. The molecule has 4 atom stereocenters. The van der Waals surface area contributed by atoms with Gasteiger partial charge in [-0.2, -0.15) is 0 Å². The highest BCUT2D eigenvalue weighted by atomic mass is 16.2. The summed E-state index contributed by atoms with van der Waals surface area (Å²) in [6.45, 7) is 5.09. The first-order chi connectivity index (χ1) is 14.3. The van der Waals surface area contributed by atoms with E-state index >= 15 is 0 Å². The van der Waals surface area contributed by atoms with Crippen LogP contribution in [-0.2, 0) is 9.59 Å². The van der Waals surface area contributed by atoms with Crippen molar-refractivity contribution in [1.29, 1.82) is 0 Å². The van der Waals surface area contributed by atoms with Crippen molar-refractivity contribution in [2.75, 3.05) is 18.9 Å². The molecule has 4 unspecified atom stereocenters. The van der Waals surface area contributed by atoms with Gasteiger partial charge in [0.1, 0.15) is 0 Å². The predicted molar refractivity (Wildman–Crippen MR) is 115 cm³/mol. The molecule has 1 saturated carbocycles. The Kier molecular flexibility index (Phi) is 5.82. The monoisotopic (exact) mass is 412 g/mol. The van der Waals surface area contributed by atoms with Gasteiger partial charge >= 0.3 is 6.03 Å². The van der Waals surface area contributed by atoms with Crippen molar-refractivity contribution in [2.24, 2.45) is 11.8 Å². The smallest absolute Gasteiger partial charge is 0.325 e. The minimum atomic E-state index is -0.515. The van der Waals surface area contributed by atoms with Gasteiger partial charge in [0, 0.05) is 37.3 Å². The highest BCUT2D eigenvalue weighted by Crippen LogP contribution is 2.39. The number of likely N-dealkylation sites (N-methyl/N-ethyl adjacent to an activating group) is 1. The van der Waals surface area contributed by atoms with Crippen LogP contribution in [0.1, 0.15) is 56.1 Å². The average Bonchev–Trinajstić information content (AvgIpc) is 2.65. The van der Waals surface area contributed by atoms with E-state index in [1.807, 2.05) is 37.1 Å². The molecular formula is C23H32N4O3. The molecule has 4 rings (SSSR count). The summed E-state index contributed by atoms with van der Waals surface area (Å²) in [6.07, 6.45) is 4.53. The van der Waals surface area contributed by atoms with Gasteiger partial charge in [-0.3, -0.25) is 14.9 Å². The lowest BCUT2D eigenvalue weighted by Crippen LogP contribution is -2.57. The summed E-state index contributed by atoms with van der Waals surface area (Å²) in [5, 5.41) is 8.73. The first-order valence-corrected chi connectivity index (χ1v) is 11.1. The van der Waals surface area contributed by atoms with Crippen molar-refractivity contribution in [1.82, 2.24) is 15.5 Å². The maximum Gasteiger partial charge on any atom is 0.325 e. The Bertz CT molecular complexity index is 851. The molecule has 3 N–H and O–H groups in total. The molecule has 3 fully saturated rings. The van der Waals surface area contributed by atoms with Crippen molar-refractivity contribution in [3.63, 3.8) is 0 Å². The van der Waals surface area contributed by atoms with Crippen molar-refractivity contribution < 1.29 is 14.4 Å².